The first-order chi connectivity index (χ1) is 5.52. The molecule has 0 spiro atoms. The number of nitrogens with two attached hydrogens (primary N) is 1. The molecular formula is C9H20N2O. The van der Waals surface area contributed by atoms with Crippen molar-refractivity contribution in [1.29, 1.82) is 0 Å². The van der Waals surface area contributed by atoms with Crippen molar-refractivity contribution in [2.75, 3.05) is 26.3 Å². The number of rotatable bonds is 2. The van der Waals surface area contributed by atoms with E-state index >= 15 is 0 Å². The van der Waals surface area contributed by atoms with Crippen LogP contribution < -0.4 is 5.73 Å². The van der Waals surface area contributed by atoms with E-state index in [1.165, 1.54) is 0 Å². The Morgan fingerprint density at radius 3 is 2.25 bits per heavy atom. The fourth-order valence-electron chi connectivity index (χ4n) is 1.44. The molecule has 1 rings (SSSR count). The molecule has 0 aromatic carbocycles. The lowest BCUT2D eigenvalue weighted by molar-refractivity contribution is 0.00667. The minimum atomic E-state index is -0.114. The Hall–Kier alpha value is -0.120. The Morgan fingerprint density at radius 2 is 1.83 bits per heavy atom. The molecule has 0 aromatic heterocycles. The molecule has 1 aliphatic rings. The van der Waals surface area contributed by atoms with Crippen LogP contribution in [-0.4, -0.2) is 42.8 Å². The maximum absolute atomic E-state index is 6.03. The third-order valence-corrected chi connectivity index (χ3v) is 2.67. The summed E-state index contributed by atoms with van der Waals surface area (Å²) in [4.78, 5) is 2.39. The van der Waals surface area contributed by atoms with Crippen molar-refractivity contribution < 1.29 is 4.74 Å². The largest absolute Gasteiger partial charge is 0.379 e. The molecule has 1 aliphatic heterocycles. The minimum Gasteiger partial charge on any atom is -0.379 e. The van der Waals surface area contributed by atoms with E-state index in [1.54, 1.807) is 0 Å². The average molecular weight is 172 g/mol. The molecule has 1 atom stereocenters. The van der Waals surface area contributed by atoms with Crippen molar-refractivity contribution in [3.05, 3.63) is 0 Å². The van der Waals surface area contributed by atoms with Gasteiger partial charge in [-0.05, 0) is 20.8 Å². The Bertz CT molecular complexity index is 136. The highest BCUT2D eigenvalue weighted by Gasteiger charge is 2.27. The number of hydrogen-bond acceptors (Lipinski definition) is 3. The van der Waals surface area contributed by atoms with Gasteiger partial charge in [-0.1, -0.05) is 0 Å². The van der Waals surface area contributed by atoms with Gasteiger partial charge in [0.25, 0.3) is 0 Å². The zero-order valence-corrected chi connectivity index (χ0v) is 8.34. The van der Waals surface area contributed by atoms with Gasteiger partial charge in [0.1, 0.15) is 0 Å². The molecule has 12 heavy (non-hydrogen) atoms. The van der Waals surface area contributed by atoms with Crippen molar-refractivity contribution in [3.63, 3.8) is 0 Å². The van der Waals surface area contributed by atoms with Gasteiger partial charge in [0, 0.05) is 24.7 Å². The first-order valence-corrected chi connectivity index (χ1v) is 4.62. The van der Waals surface area contributed by atoms with Crippen LogP contribution in [0.5, 0.6) is 0 Å². The van der Waals surface area contributed by atoms with Crippen LogP contribution in [0, 0.1) is 0 Å². The van der Waals surface area contributed by atoms with Crippen LogP contribution in [0.3, 0.4) is 0 Å². The van der Waals surface area contributed by atoms with Crippen molar-refractivity contribution in [2.45, 2.75) is 32.4 Å². The summed E-state index contributed by atoms with van der Waals surface area (Å²) < 4.78 is 5.28. The van der Waals surface area contributed by atoms with Crippen molar-refractivity contribution in [2.24, 2.45) is 5.73 Å². The lowest BCUT2D eigenvalue weighted by Gasteiger charge is -2.39. The normalized spacial score (nSPS) is 24.0. The van der Waals surface area contributed by atoms with Gasteiger partial charge in [-0.2, -0.15) is 0 Å². The molecule has 1 saturated heterocycles. The lowest BCUT2D eigenvalue weighted by atomic mass is 9.96. The van der Waals surface area contributed by atoms with Gasteiger partial charge < -0.3 is 10.5 Å². The molecule has 0 aromatic rings. The van der Waals surface area contributed by atoms with Crippen LogP contribution in [-0.2, 0) is 4.74 Å². The Balaban J connectivity index is 2.45. The van der Waals surface area contributed by atoms with E-state index in [-0.39, 0.29) is 5.54 Å². The number of ether oxygens (including phenoxy) is 1. The van der Waals surface area contributed by atoms with Gasteiger partial charge in [-0.15, -0.1) is 0 Å². The second-order valence-electron chi connectivity index (χ2n) is 4.15. The summed E-state index contributed by atoms with van der Waals surface area (Å²) in [6, 6.07) is 0.432. The first kappa shape index (κ1) is 9.96. The highest BCUT2D eigenvalue weighted by Crippen LogP contribution is 2.13. The standard InChI is InChI=1S/C9H20N2O/c1-8(9(2,3)10)11-4-6-12-7-5-11/h8H,4-7,10H2,1-3H3. The predicted octanol–water partition coefficient (Wildman–Crippen LogP) is 0.444. The summed E-state index contributed by atoms with van der Waals surface area (Å²) in [6.45, 7) is 10.1. The number of hydrogen-bond donors (Lipinski definition) is 1. The van der Waals surface area contributed by atoms with E-state index in [2.05, 4.69) is 25.7 Å². The van der Waals surface area contributed by atoms with Crippen LogP contribution in [0.25, 0.3) is 0 Å². The Kier molecular flexibility index (Phi) is 3.09. The Morgan fingerprint density at radius 1 is 1.33 bits per heavy atom. The molecule has 3 heteroatoms. The van der Waals surface area contributed by atoms with Gasteiger partial charge in [-0.3, -0.25) is 4.90 Å². The maximum Gasteiger partial charge on any atom is 0.0594 e. The van der Waals surface area contributed by atoms with Crippen LogP contribution in [0.4, 0.5) is 0 Å². The second-order valence-corrected chi connectivity index (χ2v) is 4.15. The molecule has 72 valence electrons. The number of morpholine rings is 1. The summed E-state index contributed by atoms with van der Waals surface area (Å²) in [5, 5.41) is 0. The summed E-state index contributed by atoms with van der Waals surface area (Å²) >= 11 is 0. The van der Waals surface area contributed by atoms with Crippen LogP contribution >= 0.6 is 0 Å². The highest BCUT2D eigenvalue weighted by molar-refractivity contribution is 4.87. The summed E-state index contributed by atoms with van der Waals surface area (Å²) in [7, 11) is 0. The predicted molar refractivity (Wildman–Crippen MR) is 50.1 cm³/mol. The zero-order valence-electron chi connectivity index (χ0n) is 8.34. The molecule has 0 saturated carbocycles. The summed E-state index contributed by atoms with van der Waals surface area (Å²) in [5.41, 5.74) is 5.91. The first-order valence-electron chi connectivity index (χ1n) is 4.62. The van der Waals surface area contributed by atoms with E-state index < -0.39 is 0 Å². The topological polar surface area (TPSA) is 38.5 Å². The van der Waals surface area contributed by atoms with Crippen molar-refractivity contribution in [3.8, 4) is 0 Å². The molecule has 2 N–H and O–H groups in total. The third-order valence-electron chi connectivity index (χ3n) is 2.67. The quantitative estimate of drug-likeness (QED) is 0.657. The zero-order chi connectivity index (χ0) is 9.19. The second kappa shape index (κ2) is 3.73. The van der Waals surface area contributed by atoms with Crippen molar-refractivity contribution in [1.82, 2.24) is 4.90 Å². The third kappa shape index (κ3) is 2.44. The van der Waals surface area contributed by atoms with E-state index in [4.69, 9.17) is 10.5 Å². The average Bonchev–Trinajstić information content (AvgIpc) is 2.03. The van der Waals surface area contributed by atoms with Gasteiger partial charge >= 0.3 is 0 Å². The number of nitrogens with zero attached hydrogens (tertiary/aromatic N) is 1. The molecule has 1 fully saturated rings. The lowest BCUT2D eigenvalue weighted by Crippen LogP contribution is -2.55. The molecule has 0 aliphatic carbocycles. The van der Waals surface area contributed by atoms with Crippen LogP contribution in [0.15, 0.2) is 0 Å². The van der Waals surface area contributed by atoms with Gasteiger partial charge in [-0.25, -0.2) is 0 Å². The summed E-state index contributed by atoms with van der Waals surface area (Å²) in [5.74, 6) is 0. The molecule has 1 unspecified atom stereocenters. The molecule has 0 amide bonds. The SMILES string of the molecule is CC(N1CCOCC1)C(C)(C)N. The van der Waals surface area contributed by atoms with Crippen LogP contribution in [0.1, 0.15) is 20.8 Å². The van der Waals surface area contributed by atoms with E-state index in [1.807, 2.05) is 0 Å². The highest BCUT2D eigenvalue weighted by atomic mass is 16.5. The van der Waals surface area contributed by atoms with Crippen molar-refractivity contribution >= 4 is 0 Å². The fraction of sp³-hybridized carbons (Fsp3) is 1.00. The van der Waals surface area contributed by atoms with E-state index in [9.17, 15) is 0 Å². The molecular weight excluding hydrogens is 152 g/mol. The van der Waals surface area contributed by atoms with E-state index in [0.717, 1.165) is 26.3 Å². The van der Waals surface area contributed by atoms with Gasteiger partial charge in [0.05, 0.1) is 13.2 Å². The van der Waals surface area contributed by atoms with Crippen LogP contribution in [0.2, 0.25) is 0 Å². The molecule has 1 heterocycles. The maximum atomic E-state index is 6.03. The van der Waals surface area contributed by atoms with E-state index in [0.29, 0.717) is 6.04 Å². The molecule has 3 nitrogen and oxygen atoms in total. The van der Waals surface area contributed by atoms with Gasteiger partial charge in [0.15, 0.2) is 0 Å². The van der Waals surface area contributed by atoms with Gasteiger partial charge in [0.2, 0.25) is 0 Å². The molecule has 0 bridgehead atoms. The monoisotopic (exact) mass is 172 g/mol. The minimum absolute atomic E-state index is 0.114. The summed E-state index contributed by atoms with van der Waals surface area (Å²) in [6.07, 6.45) is 0. The Labute approximate surface area is 74.9 Å². The smallest absolute Gasteiger partial charge is 0.0594 e. The molecule has 0 radical (unpaired) electrons. The fourth-order valence-corrected chi connectivity index (χ4v) is 1.44.